The van der Waals surface area contributed by atoms with E-state index in [1.807, 2.05) is 0 Å². The van der Waals surface area contributed by atoms with Crippen LogP contribution in [0, 0.1) is 0 Å². The molecule has 0 amide bonds. The van der Waals surface area contributed by atoms with Crippen LogP contribution in [0.3, 0.4) is 0 Å². The molecule has 1 N–H and O–H groups in total. The van der Waals surface area contributed by atoms with Crippen molar-refractivity contribution in [2.75, 3.05) is 0 Å². The fourth-order valence-electron chi connectivity index (χ4n) is 2.82. The van der Waals surface area contributed by atoms with Gasteiger partial charge in [0.05, 0.1) is 0 Å². The second-order valence-electron chi connectivity index (χ2n) is 5.95. The SMILES string of the molecule is O=C1Oc2ccccc2S(=O)(=O)C1=CC=CC1=C(O)Oc2ccccc2S1(=O)=O. The van der Waals surface area contributed by atoms with Crippen LogP contribution in [-0.2, 0) is 24.5 Å². The van der Waals surface area contributed by atoms with Gasteiger partial charge in [-0.1, -0.05) is 30.3 Å². The Labute approximate surface area is 165 Å². The van der Waals surface area contributed by atoms with E-state index in [0.717, 1.165) is 18.2 Å². The van der Waals surface area contributed by atoms with Gasteiger partial charge in [-0.05, 0) is 36.4 Å². The summed E-state index contributed by atoms with van der Waals surface area (Å²) in [5.41, 5.74) is 0. The van der Waals surface area contributed by atoms with Crippen molar-refractivity contribution in [1.82, 2.24) is 0 Å². The summed E-state index contributed by atoms with van der Waals surface area (Å²) in [6.45, 7) is 0. The molecular formula is C19H12O8S2. The average molecular weight is 432 g/mol. The van der Waals surface area contributed by atoms with E-state index in [1.165, 1.54) is 42.5 Å². The molecule has 2 aromatic carbocycles. The molecule has 0 bridgehead atoms. The van der Waals surface area contributed by atoms with Gasteiger partial charge in [-0.3, -0.25) is 0 Å². The summed E-state index contributed by atoms with van der Waals surface area (Å²) in [5, 5.41) is 9.97. The molecule has 0 spiro atoms. The molecule has 0 unspecified atom stereocenters. The fourth-order valence-corrected chi connectivity index (χ4v) is 5.61. The number of aliphatic hydroxyl groups excluding tert-OH is 1. The van der Waals surface area contributed by atoms with Gasteiger partial charge in [0.1, 0.15) is 21.3 Å². The third kappa shape index (κ3) is 3.02. The van der Waals surface area contributed by atoms with Crippen LogP contribution in [0.25, 0.3) is 0 Å². The van der Waals surface area contributed by atoms with Gasteiger partial charge in [-0.25, -0.2) is 21.6 Å². The first-order valence-corrected chi connectivity index (χ1v) is 11.1. The van der Waals surface area contributed by atoms with E-state index in [-0.39, 0.29) is 21.3 Å². The molecule has 2 aliphatic rings. The highest BCUT2D eigenvalue weighted by molar-refractivity contribution is 7.96. The second-order valence-corrected chi connectivity index (χ2v) is 9.72. The maximum Gasteiger partial charge on any atom is 0.355 e. The van der Waals surface area contributed by atoms with Gasteiger partial charge in [0.25, 0.3) is 0 Å². The lowest BCUT2D eigenvalue weighted by Gasteiger charge is -2.18. The molecular weight excluding hydrogens is 420 g/mol. The number of aliphatic hydroxyl groups is 1. The Balaban J connectivity index is 1.74. The zero-order valence-corrected chi connectivity index (χ0v) is 16.1. The van der Waals surface area contributed by atoms with Crippen LogP contribution in [0.1, 0.15) is 0 Å². The van der Waals surface area contributed by atoms with Crippen molar-refractivity contribution < 1.29 is 36.2 Å². The number of esters is 1. The van der Waals surface area contributed by atoms with E-state index in [9.17, 15) is 26.7 Å². The fraction of sp³-hybridized carbons (Fsp3) is 0. The van der Waals surface area contributed by atoms with Gasteiger partial charge >= 0.3 is 11.9 Å². The summed E-state index contributed by atoms with van der Waals surface area (Å²) in [7, 11) is -8.25. The second kappa shape index (κ2) is 6.61. The summed E-state index contributed by atoms with van der Waals surface area (Å²) >= 11 is 0. The monoisotopic (exact) mass is 432 g/mol. The highest BCUT2D eigenvalue weighted by Crippen LogP contribution is 2.37. The molecule has 0 radical (unpaired) electrons. The minimum Gasteiger partial charge on any atom is -0.480 e. The highest BCUT2D eigenvalue weighted by Gasteiger charge is 2.36. The molecule has 0 aromatic heterocycles. The number of sulfone groups is 2. The molecule has 2 aromatic rings. The van der Waals surface area contributed by atoms with Crippen LogP contribution < -0.4 is 9.47 Å². The lowest BCUT2D eigenvalue weighted by Crippen LogP contribution is -2.25. The molecule has 0 saturated heterocycles. The Morgan fingerprint density at radius 2 is 1.34 bits per heavy atom. The minimum atomic E-state index is -4.15. The molecule has 0 fully saturated rings. The van der Waals surface area contributed by atoms with Crippen molar-refractivity contribution >= 4 is 25.6 Å². The van der Waals surface area contributed by atoms with Crippen molar-refractivity contribution in [1.29, 1.82) is 0 Å². The molecule has 148 valence electrons. The molecule has 29 heavy (non-hydrogen) atoms. The van der Waals surface area contributed by atoms with Gasteiger partial charge in [-0.2, -0.15) is 0 Å². The van der Waals surface area contributed by atoms with Crippen LogP contribution in [0.4, 0.5) is 0 Å². The quantitative estimate of drug-likeness (QED) is 0.436. The van der Waals surface area contributed by atoms with E-state index in [4.69, 9.17) is 9.47 Å². The summed E-state index contributed by atoms with van der Waals surface area (Å²) in [6, 6.07) is 11.4. The summed E-state index contributed by atoms with van der Waals surface area (Å²) in [4.78, 5) is 10.5. The minimum absolute atomic E-state index is 0.0319. The lowest BCUT2D eigenvalue weighted by molar-refractivity contribution is -0.129. The van der Waals surface area contributed by atoms with Crippen LogP contribution in [0.5, 0.6) is 11.5 Å². The Bertz CT molecular complexity index is 1350. The van der Waals surface area contributed by atoms with Crippen molar-refractivity contribution in [2.45, 2.75) is 9.79 Å². The molecule has 0 atom stereocenters. The molecule has 4 rings (SSSR count). The van der Waals surface area contributed by atoms with E-state index in [2.05, 4.69) is 0 Å². The zero-order chi connectivity index (χ0) is 20.8. The Kier molecular flexibility index (Phi) is 4.32. The number of hydrogen-bond donors (Lipinski definition) is 1. The largest absolute Gasteiger partial charge is 0.480 e. The molecule has 2 heterocycles. The van der Waals surface area contributed by atoms with E-state index in [1.54, 1.807) is 6.07 Å². The number of ether oxygens (including phenoxy) is 2. The smallest absolute Gasteiger partial charge is 0.355 e. The van der Waals surface area contributed by atoms with Crippen LogP contribution in [0.15, 0.2) is 92.3 Å². The predicted molar refractivity (Wildman–Crippen MR) is 100 cm³/mol. The molecule has 2 aliphatic heterocycles. The van der Waals surface area contributed by atoms with Crippen molar-refractivity contribution in [3.8, 4) is 11.5 Å². The predicted octanol–water partition coefficient (Wildman–Crippen LogP) is 2.41. The summed E-state index contributed by atoms with van der Waals surface area (Å²) in [5.74, 6) is -2.08. The molecule has 0 saturated carbocycles. The first-order chi connectivity index (χ1) is 13.7. The Hall–Kier alpha value is -3.37. The van der Waals surface area contributed by atoms with E-state index in [0.29, 0.717) is 0 Å². The topological polar surface area (TPSA) is 124 Å². The van der Waals surface area contributed by atoms with Crippen molar-refractivity contribution in [3.63, 3.8) is 0 Å². The van der Waals surface area contributed by atoms with Crippen LogP contribution >= 0.6 is 0 Å². The number of carbonyl (C=O) groups is 1. The highest BCUT2D eigenvalue weighted by atomic mass is 32.2. The number of para-hydroxylation sites is 2. The number of carbonyl (C=O) groups excluding carboxylic acids is 1. The number of benzene rings is 2. The number of allylic oxidation sites excluding steroid dienone is 3. The van der Waals surface area contributed by atoms with E-state index >= 15 is 0 Å². The number of fused-ring (bicyclic) bond motifs is 2. The first kappa shape index (κ1) is 19.0. The average Bonchev–Trinajstić information content (AvgIpc) is 2.66. The van der Waals surface area contributed by atoms with E-state index < -0.39 is 41.4 Å². The summed E-state index contributed by atoms with van der Waals surface area (Å²) in [6.07, 6.45) is 2.86. The van der Waals surface area contributed by atoms with Gasteiger partial charge < -0.3 is 14.6 Å². The first-order valence-electron chi connectivity index (χ1n) is 8.13. The molecule has 0 aliphatic carbocycles. The lowest BCUT2D eigenvalue weighted by atomic mass is 10.3. The standard InChI is InChI=1S/C19H12O8S2/c20-18-16(28(22,23)14-8-3-1-6-12(14)26-18)10-5-11-17-19(21)27-13-7-2-4-9-15(13)29(17,24)25/h1-11,20H. The number of hydrogen-bond acceptors (Lipinski definition) is 8. The van der Waals surface area contributed by atoms with Gasteiger partial charge in [0.2, 0.25) is 19.7 Å². The summed E-state index contributed by atoms with van der Waals surface area (Å²) < 4.78 is 60.7. The maximum atomic E-state index is 12.7. The Morgan fingerprint density at radius 3 is 2.00 bits per heavy atom. The number of rotatable bonds is 2. The van der Waals surface area contributed by atoms with Crippen molar-refractivity contribution in [3.05, 3.63) is 82.5 Å². The maximum absolute atomic E-state index is 12.7. The zero-order valence-electron chi connectivity index (χ0n) is 14.5. The molecule has 10 heteroatoms. The van der Waals surface area contributed by atoms with Gasteiger partial charge in [0, 0.05) is 0 Å². The van der Waals surface area contributed by atoms with Gasteiger partial charge in [0.15, 0.2) is 9.81 Å². The van der Waals surface area contributed by atoms with Crippen LogP contribution in [-0.4, -0.2) is 27.9 Å². The Morgan fingerprint density at radius 1 is 0.793 bits per heavy atom. The normalized spacial score (nSPS) is 20.7. The van der Waals surface area contributed by atoms with Crippen LogP contribution in [0.2, 0.25) is 0 Å². The van der Waals surface area contributed by atoms with Crippen molar-refractivity contribution in [2.24, 2.45) is 0 Å². The molecule has 8 nitrogen and oxygen atoms in total. The third-order valence-corrected chi connectivity index (χ3v) is 7.78. The third-order valence-electron chi connectivity index (χ3n) is 4.17. The van der Waals surface area contributed by atoms with Gasteiger partial charge in [-0.15, -0.1) is 0 Å².